The molecule has 0 unspecified atom stereocenters. The van der Waals surface area contributed by atoms with Crippen LogP contribution in [0.2, 0.25) is 0 Å². The van der Waals surface area contributed by atoms with Crippen LogP contribution in [0.3, 0.4) is 0 Å². The highest BCUT2D eigenvalue weighted by molar-refractivity contribution is 5.85. The third-order valence-corrected chi connectivity index (χ3v) is 2.09. The fourth-order valence-electron chi connectivity index (χ4n) is 1.36. The van der Waals surface area contributed by atoms with Gasteiger partial charge in [-0.05, 0) is 18.2 Å². The molecular formula is C10H8FN3O. The predicted octanol–water partition coefficient (Wildman–Crippen LogP) is 1.43. The first-order chi connectivity index (χ1) is 7.22. The zero-order chi connectivity index (χ0) is 10.8. The molecule has 4 nitrogen and oxygen atoms in total. The maximum Gasteiger partial charge on any atom is 0.164 e. The van der Waals surface area contributed by atoms with E-state index in [1.165, 1.54) is 24.5 Å². The largest absolute Gasteiger partial charge is 0.317 e. The Balaban J connectivity index is 2.63. The Morgan fingerprint density at radius 3 is 2.87 bits per heavy atom. The van der Waals surface area contributed by atoms with Gasteiger partial charge in [-0.2, -0.15) is 0 Å². The van der Waals surface area contributed by atoms with Gasteiger partial charge in [-0.15, -0.1) is 10.2 Å². The van der Waals surface area contributed by atoms with Crippen molar-refractivity contribution in [3.05, 3.63) is 35.9 Å². The van der Waals surface area contributed by atoms with Gasteiger partial charge in [-0.3, -0.25) is 4.79 Å². The summed E-state index contributed by atoms with van der Waals surface area (Å²) in [4.78, 5) is 10.8. The SMILES string of the molecule is Cn1cnnc1-c1ccc(F)cc1C=O. The molecule has 0 aliphatic heterocycles. The van der Waals surface area contributed by atoms with E-state index in [0.717, 1.165) is 0 Å². The topological polar surface area (TPSA) is 47.8 Å². The van der Waals surface area contributed by atoms with Crippen LogP contribution in [0, 0.1) is 5.82 Å². The number of rotatable bonds is 2. The van der Waals surface area contributed by atoms with Gasteiger partial charge < -0.3 is 4.57 Å². The predicted molar refractivity (Wildman–Crippen MR) is 51.8 cm³/mol. The minimum Gasteiger partial charge on any atom is -0.317 e. The van der Waals surface area contributed by atoms with Gasteiger partial charge >= 0.3 is 0 Å². The fraction of sp³-hybridized carbons (Fsp3) is 0.100. The van der Waals surface area contributed by atoms with Crippen LogP contribution in [0.1, 0.15) is 10.4 Å². The molecule has 0 fully saturated rings. The maximum atomic E-state index is 12.9. The lowest BCUT2D eigenvalue weighted by atomic mass is 10.1. The second-order valence-electron chi connectivity index (χ2n) is 3.11. The van der Waals surface area contributed by atoms with Crippen molar-refractivity contribution in [2.45, 2.75) is 0 Å². The van der Waals surface area contributed by atoms with E-state index in [-0.39, 0.29) is 5.56 Å². The second kappa shape index (κ2) is 3.61. The van der Waals surface area contributed by atoms with Crippen LogP contribution in [-0.2, 0) is 7.05 Å². The highest BCUT2D eigenvalue weighted by atomic mass is 19.1. The minimum atomic E-state index is -0.442. The monoisotopic (exact) mass is 205 g/mol. The third-order valence-electron chi connectivity index (χ3n) is 2.09. The van der Waals surface area contributed by atoms with Gasteiger partial charge in [-0.25, -0.2) is 4.39 Å². The molecule has 15 heavy (non-hydrogen) atoms. The number of aryl methyl sites for hydroxylation is 1. The van der Waals surface area contributed by atoms with E-state index in [4.69, 9.17) is 0 Å². The summed E-state index contributed by atoms with van der Waals surface area (Å²) in [6.45, 7) is 0. The Bertz CT molecular complexity index is 507. The second-order valence-corrected chi connectivity index (χ2v) is 3.11. The standard InChI is InChI=1S/C10H8FN3O/c1-14-6-12-13-10(14)9-3-2-8(11)4-7(9)5-15/h2-6H,1H3. The first-order valence-corrected chi connectivity index (χ1v) is 4.31. The number of carbonyl (C=O) groups excluding carboxylic acids is 1. The van der Waals surface area contributed by atoms with Crippen LogP contribution < -0.4 is 0 Å². The van der Waals surface area contributed by atoms with E-state index in [1.807, 2.05) is 0 Å². The summed E-state index contributed by atoms with van der Waals surface area (Å²) < 4.78 is 14.5. The maximum absolute atomic E-state index is 12.9. The van der Waals surface area contributed by atoms with Crippen molar-refractivity contribution in [2.24, 2.45) is 7.05 Å². The number of carbonyl (C=O) groups is 1. The number of hydrogen-bond donors (Lipinski definition) is 0. The summed E-state index contributed by atoms with van der Waals surface area (Å²) in [6.07, 6.45) is 2.13. The Labute approximate surface area is 85.4 Å². The van der Waals surface area contributed by atoms with Crippen molar-refractivity contribution in [1.29, 1.82) is 0 Å². The smallest absolute Gasteiger partial charge is 0.164 e. The number of benzene rings is 1. The lowest BCUT2D eigenvalue weighted by molar-refractivity contribution is 0.112. The van der Waals surface area contributed by atoms with Gasteiger partial charge in [0.05, 0.1) is 0 Å². The van der Waals surface area contributed by atoms with Gasteiger partial charge in [0, 0.05) is 18.2 Å². The van der Waals surface area contributed by atoms with E-state index >= 15 is 0 Å². The van der Waals surface area contributed by atoms with E-state index < -0.39 is 5.82 Å². The zero-order valence-electron chi connectivity index (χ0n) is 8.01. The Morgan fingerprint density at radius 1 is 1.47 bits per heavy atom. The molecule has 0 radical (unpaired) electrons. The van der Waals surface area contributed by atoms with Gasteiger partial charge in [0.25, 0.3) is 0 Å². The number of hydrogen-bond acceptors (Lipinski definition) is 3. The minimum absolute atomic E-state index is 0.270. The molecule has 1 aromatic carbocycles. The summed E-state index contributed by atoms with van der Waals surface area (Å²) in [5.74, 6) is 0.0973. The molecule has 0 saturated carbocycles. The first kappa shape index (κ1) is 9.51. The van der Waals surface area contributed by atoms with Crippen LogP contribution in [0.4, 0.5) is 4.39 Å². The summed E-state index contributed by atoms with van der Waals surface area (Å²) in [5.41, 5.74) is 0.845. The highest BCUT2D eigenvalue weighted by Gasteiger charge is 2.10. The van der Waals surface area contributed by atoms with Crippen molar-refractivity contribution >= 4 is 6.29 Å². The Hall–Kier alpha value is -2.04. The van der Waals surface area contributed by atoms with Crippen molar-refractivity contribution < 1.29 is 9.18 Å². The van der Waals surface area contributed by atoms with Crippen molar-refractivity contribution in [1.82, 2.24) is 14.8 Å². The first-order valence-electron chi connectivity index (χ1n) is 4.31. The zero-order valence-corrected chi connectivity index (χ0v) is 8.01. The van der Waals surface area contributed by atoms with E-state index in [0.29, 0.717) is 17.7 Å². The van der Waals surface area contributed by atoms with Crippen molar-refractivity contribution in [3.8, 4) is 11.4 Å². The number of aldehydes is 1. The van der Waals surface area contributed by atoms with Crippen molar-refractivity contribution in [3.63, 3.8) is 0 Å². The number of nitrogens with zero attached hydrogens (tertiary/aromatic N) is 3. The molecule has 0 atom stereocenters. The normalized spacial score (nSPS) is 10.3. The number of halogens is 1. The molecule has 1 heterocycles. The molecule has 0 aliphatic carbocycles. The van der Waals surface area contributed by atoms with Gasteiger partial charge in [0.15, 0.2) is 12.1 Å². The van der Waals surface area contributed by atoms with E-state index in [1.54, 1.807) is 11.6 Å². The highest BCUT2D eigenvalue weighted by Crippen LogP contribution is 2.20. The molecular weight excluding hydrogens is 197 g/mol. The molecule has 2 aromatic rings. The molecule has 0 aliphatic rings. The van der Waals surface area contributed by atoms with Crippen LogP contribution in [0.15, 0.2) is 24.5 Å². The lowest BCUT2D eigenvalue weighted by Crippen LogP contribution is -1.96. The molecule has 1 aromatic heterocycles. The van der Waals surface area contributed by atoms with Crippen LogP contribution in [0.25, 0.3) is 11.4 Å². The van der Waals surface area contributed by atoms with Crippen molar-refractivity contribution in [2.75, 3.05) is 0 Å². The fourth-order valence-corrected chi connectivity index (χ4v) is 1.36. The molecule has 0 amide bonds. The molecule has 2 rings (SSSR count). The summed E-state index contributed by atoms with van der Waals surface area (Å²) >= 11 is 0. The quantitative estimate of drug-likeness (QED) is 0.697. The Morgan fingerprint density at radius 2 is 2.27 bits per heavy atom. The summed E-state index contributed by atoms with van der Waals surface area (Å²) in [6, 6.07) is 3.98. The van der Waals surface area contributed by atoms with Crippen LogP contribution in [-0.4, -0.2) is 21.1 Å². The van der Waals surface area contributed by atoms with Gasteiger partial charge in [0.1, 0.15) is 12.1 Å². The number of aromatic nitrogens is 3. The average molecular weight is 205 g/mol. The molecule has 0 N–H and O–H groups in total. The summed E-state index contributed by atoms with van der Waals surface area (Å²) in [5, 5.41) is 7.56. The van der Waals surface area contributed by atoms with Gasteiger partial charge in [0.2, 0.25) is 0 Å². The molecule has 0 saturated heterocycles. The third kappa shape index (κ3) is 1.63. The molecule has 0 spiro atoms. The Kier molecular flexibility index (Phi) is 2.29. The van der Waals surface area contributed by atoms with Crippen LogP contribution in [0.5, 0.6) is 0 Å². The molecule has 76 valence electrons. The molecule has 5 heteroatoms. The van der Waals surface area contributed by atoms with Gasteiger partial charge in [-0.1, -0.05) is 0 Å². The van der Waals surface area contributed by atoms with E-state index in [9.17, 15) is 9.18 Å². The average Bonchev–Trinajstić information content (AvgIpc) is 2.64. The lowest BCUT2D eigenvalue weighted by Gasteiger charge is -2.03. The van der Waals surface area contributed by atoms with E-state index in [2.05, 4.69) is 10.2 Å². The summed E-state index contributed by atoms with van der Waals surface area (Å²) in [7, 11) is 1.76. The van der Waals surface area contributed by atoms with Crippen LogP contribution >= 0.6 is 0 Å². The molecule has 0 bridgehead atoms.